The summed E-state index contributed by atoms with van der Waals surface area (Å²) in [5.74, 6) is -1.23. The summed E-state index contributed by atoms with van der Waals surface area (Å²) >= 11 is 0. The molecule has 1 atom stereocenters. The Bertz CT molecular complexity index is 1280. The molecule has 8 nitrogen and oxygen atoms in total. The van der Waals surface area contributed by atoms with E-state index in [1.54, 1.807) is 18.2 Å². The van der Waals surface area contributed by atoms with Crippen LogP contribution in [0.25, 0.3) is 0 Å². The number of piperidine rings is 1. The highest BCUT2D eigenvalue weighted by Gasteiger charge is 2.40. The third kappa shape index (κ3) is 5.31. The second-order valence-electron chi connectivity index (χ2n) is 11.7. The monoisotopic (exact) mass is 522 g/mol. The smallest absolute Gasteiger partial charge is 0.255 e. The van der Waals surface area contributed by atoms with Crippen molar-refractivity contribution >= 4 is 23.4 Å². The van der Waals surface area contributed by atoms with Crippen molar-refractivity contribution in [3.63, 3.8) is 0 Å². The summed E-state index contributed by atoms with van der Waals surface area (Å²) in [6, 6.07) is 10.2. The molecule has 3 heterocycles. The van der Waals surface area contributed by atoms with Crippen LogP contribution in [0.3, 0.4) is 0 Å². The quantitative estimate of drug-likeness (QED) is 0.564. The third-order valence-electron chi connectivity index (χ3n) is 7.37. The van der Waals surface area contributed by atoms with E-state index < -0.39 is 11.9 Å². The second-order valence-corrected chi connectivity index (χ2v) is 11.7. The van der Waals surface area contributed by atoms with Gasteiger partial charge >= 0.3 is 0 Å². The highest BCUT2D eigenvalue weighted by molar-refractivity contribution is 6.06. The van der Waals surface area contributed by atoms with Crippen LogP contribution in [0.2, 0.25) is 0 Å². The summed E-state index contributed by atoms with van der Waals surface area (Å²) in [4.78, 5) is 40.8. The number of imide groups is 1. The maximum Gasteiger partial charge on any atom is 0.255 e. The van der Waals surface area contributed by atoms with Crippen molar-refractivity contribution in [2.75, 3.05) is 18.4 Å². The normalized spacial score (nSPS) is 22.8. The van der Waals surface area contributed by atoms with Crippen LogP contribution in [-0.4, -0.2) is 57.9 Å². The molecule has 5 rings (SSSR count). The first-order chi connectivity index (χ1) is 17.9. The Morgan fingerprint density at radius 3 is 2.42 bits per heavy atom. The molecule has 38 heavy (non-hydrogen) atoms. The zero-order valence-corrected chi connectivity index (χ0v) is 22.4. The molecule has 3 amide bonds. The lowest BCUT2D eigenvalue weighted by molar-refractivity contribution is -0.182. The van der Waals surface area contributed by atoms with Crippen molar-refractivity contribution in [3.8, 4) is 0 Å². The highest BCUT2D eigenvalue weighted by Crippen LogP contribution is 2.33. The number of carbonyl (C=O) groups excluding carboxylic acids is 3. The minimum Gasteiger partial charge on any atom is -0.381 e. The summed E-state index contributed by atoms with van der Waals surface area (Å²) in [6.45, 7) is 10.7. The molecule has 202 valence electrons. The zero-order chi connectivity index (χ0) is 27.2. The molecule has 2 N–H and O–H groups in total. The van der Waals surface area contributed by atoms with Gasteiger partial charge in [0.05, 0.1) is 11.2 Å². The van der Waals surface area contributed by atoms with E-state index in [1.807, 2.05) is 18.2 Å². The molecular formula is C29H35FN4O4. The van der Waals surface area contributed by atoms with E-state index in [0.29, 0.717) is 42.7 Å². The number of nitrogens with one attached hydrogen (secondary N) is 2. The topological polar surface area (TPSA) is 91.0 Å². The van der Waals surface area contributed by atoms with Crippen molar-refractivity contribution in [2.24, 2.45) is 0 Å². The van der Waals surface area contributed by atoms with Gasteiger partial charge in [0.1, 0.15) is 11.9 Å². The molecule has 3 aliphatic rings. The fourth-order valence-electron chi connectivity index (χ4n) is 6.13. The predicted molar refractivity (Wildman–Crippen MR) is 141 cm³/mol. The van der Waals surface area contributed by atoms with Crippen molar-refractivity contribution < 1.29 is 23.5 Å². The molecule has 0 aliphatic carbocycles. The molecule has 0 saturated carbocycles. The lowest BCUT2D eigenvalue weighted by Crippen LogP contribution is -2.56. The molecule has 2 saturated heterocycles. The zero-order valence-electron chi connectivity index (χ0n) is 22.4. The number of fused-ring (bicyclic) bond motifs is 1. The van der Waals surface area contributed by atoms with Gasteiger partial charge in [-0.05, 0) is 46.2 Å². The van der Waals surface area contributed by atoms with Crippen molar-refractivity contribution in [1.82, 2.24) is 15.1 Å². The first-order valence-corrected chi connectivity index (χ1v) is 13.1. The molecule has 2 aromatic rings. The van der Waals surface area contributed by atoms with Crippen LogP contribution >= 0.6 is 0 Å². The number of nitrogens with zero attached hydrogens (tertiary/aromatic N) is 2. The van der Waals surface area contributed by atoms with Gasteiger partial charge < -0.3 is 15.0 Å². The van der Waals surface area contributed by atoms with E-state index in [-0.39, 0.29) is 48.3 Å². The van der Waals surface area contributed by atoms with Crippen molar-refractivity contribution in [3.05, 3.63) is 64.5 Å². The predicted octanol–water partition coefficient (Wildman–Crippen LogP) is 3.59. The molecular weight excluding hydrogens is 487 g/mol. The molecule has 0 radical (unpaired) electrons. The highest BCUT2D eigenvalue weighted by atomic mass is 19.1. The van der Waals surface area contributed by atoms with Gasteiger partial charge in [-0.3, -0.25) is 24.6 Å². The van der Waals surface area contributed by atoms with Crippen molar-refractivity contribution in [2.45, 2.75) is 77.4 Å². The SMILES string of the molecule is CC1(C)CN(Cc2cccc(CNc3cccc4c3CN([C@@H]3CCC(=O)NC3=O)C4=O)c2F)CC(C)(C)O1. The van der Waals surface area contributed by atoms with E-state index in [2.05, 4.69) is 43.2 Å². The average molecular weight is 523 g/mol. The maximum absolute atomic E-state index is 15.6. The largest absolute Gasteiger partial charge is 0.381 e. The molecule has 9 heteroatoms. The van der Waals surface area contributed by atoms with Gasteiger partial charge in [0.2, 0.25) is 11.8 Å². The summed E-state index contributed by atoms with van der Waals surface area (Å²) < 4.78 is 21.8. The lowest BCUT2D eigenvalue weighted by atomic mass is 9.98. The van der Waals surface area contributed by atoms with E-state index in [0.717, 1.165) is 11.3 Å². The Morgan fingerprint density at radius 1 is 1.03 bits per heavy atom. The van der Waals surface area contributed by atoms with Gasteiger partial charge in [0.15, 0.2) is 0 Å². The second kappa shape index (κ2) is 9.78. The van der Waals surface area contributed by atoms with Crippen LogP contribution in [0.1, 0.15) is 67.6 Å². The first-order valence-electron chi connectivity index (χ1n) is 13.1. The molecule has 2 aromatic carbocycles. The summed E-state index contributed by atoms with van der Waals surface area (Å²) in [7, 11) is 0. The Labute approximate surface area is 222 Å². The number of anilines is 1. The van der Waals surface area contributed by atoms with Crippen LogP contribution in [0, 0.1) is 5.82 Å². The Morgan fingerprint density at radius 2 is 1.71 bits per heavy atom. The molecule has 0 bridgehead atoms. The van der Waals surface area contributed by atoms with Crippen LogP contribution in [0.4, 0.5) is 10.1 Å². The van der Waals surface area contributed by atoms with Crippen molar-refractivity contribution in [1.29, 1.82) is 0 Å². The average Bonchev–Trinajstić information content (AvgIpc) is 3.14. The summed E-state index contributed by atoms with van der Waals surface area (Å²) in [5, 5.41) is 5.64. The van der Waals surface area contributed by atoms with Crippen LogP contribution < -0.4 is 10.6 Å². The van der Waals surface area contributed by atoms with E-state index in [9.17, 15) is 14.4 Å². The number of rotatable bonds is 6. The van der Waals surface area contributed by atoms with E-state index in [1.165, 1.54) is 4.90 Å². The Hall–Kier alpha value is -3.30. The summed E-state index contributed by atoms with van der Waals surface area (Å²) in [6.07, 6.45) is 0.513. The number of morpholine rings is 1. The standard InChI is InChI=1S/C29H35FN4O4/c1-28(2)16-33(17-29(3,4)38-28)14-19-8-5-7-18(25(19)30)13-31-22-10-6-9-20-21(22)15-34(27(20)37)23-11-12-24(35)32-26(23)36/h5-10,23,31H,11-17H2,1-4H3,(H,32,35,36)/t23-/m1/s1. The van der Waals surface area contributed by atoms with Gasteiger partial charge in [0, 0.05) is 67.1 Å². The fourth-order valence-corrected chi connectivity index (χ4v) is 6.13. The molecule has 0 unspecified atom stereocenters. The Kier molecular flexibility index (Phi) is 6.77. The molecule has 0 spiro atoms. The maximum atomic E-state index is 15.6. The van der Waals surface area contributed by atoms with Crippen LogP contribution in [0.15, 0.2) is 36.4 Å². The summed E-state index contributed by atoms with van der Waals surface area (Å²) in [5.41, 5.74) is 2.57. The number of ether oxygens (including phenoxy) is 1. The number of amides is 3. The van der Waals surface area contributed by atoms with Crippen LogP contribution in [-0.2, 0) is 34.0 Å². The minimum absolute atomic E-state index is 0.205. The van der Waals surface area contributed by atoms with Crippen LogP contribution in [0.5, 0.6) is 0 Å². The van der Waals surface area contributed by atoms with Gasteiger partial charge in [-0.15, -0.1) is 0 Å². The number of halogens is 1. The first kappa shape index (κ1) is 26.3. The van der Waals surface area contributed by atoms with Gasteiger partial charge in [-0.2, -0.15) is 0 Å². The van der Waals surface area contributed by atoms with E-state index >= 15 is 4.39 Å². The number of benzene rings is 2. The third-order valence-corrected chi connectivity index (χ3v) is 7.37. The number of carbonyl (C=O) groups is 3. The van der Waals surface area contributed by atoms with Gasteiger partial charge in [-0.1, -0.05) is 24.3 Å². The van der Waals surface area contributed by atoms with Gasteiger partial charge in [-0.25, -0.2) is 4.39 Å². The molecule has 2 fully saturated rings. The van der Waals surface area contributed by atoms with E-state index in [4.69, 9.17) is 4.74 Å². The lowest BCUT2D eigenvalue weighted by Gasteiger charge is -2.47. The molecule has 0 aromatic heterocycles. The Balaban J connectivity index is 1.29. The fraction of sp³-hybridized carbons (Fsp3) is 0.483. The molecule has 3 aliphatic heterocycles. The number of hydrogen-bond donors (Lipinski definition) is 2. The number of hydrogen-bond acceptors (Lipinski definition) is 6. The minimum atomic E-state index is -0.676. The van der Waals surface area contributed by atoms with Gasteiger partial charge in [0.25, 0.3) is 5.91 Å².